The largest absolute Gasteiger partial charge is 0.365 e. The molecule has 0 unspecified atom stereocenters. The molecule has 3 N–H and O–H groups in total. The van der Waals surface area contributed by atoms with Gasteiger partial charge in [0, 0.05) is 5.69 Å². The number of primary amides is 1. The standard InChI is InChI=1S/C16H10ClN3O5/c17-12-6-5-8(19-16(18)24)7-11(12)15(23)25-20-13(21)9-3-1-2-4-10(9)14(20)22/h1-7H,(H3,18,19,24). The second-order valence-electron chi connectivity index (χ2n) is 5.01. The Morgan fingerprint density at radius 2 is 1.64 bits per heavy atom. The van der Waals surface area contributed by atoms with Gasteiger partial charge in [0.1, 0.15) is 0 Å². The number of carbonyl (C=O) groups is 4. The van der Waals surface area contributed by atoms with E-state index in [0.717, 1.165) is 0 Å². The van der Waals surface area contributed by atoms with Gasteiger partial charge < -0.3 is 15.9 Å². The minimum absolute atomic E-state index is 0.0108. The first-order valence-electron chi connectivity index (χ1n) is 6.94. The van der Waals surface area contributed by atoms with Crippen LogP contribution in [0.3, 0.4) is 0 Å². The van der Waals surface area contributed by atoms with Crippen molar-refractivity contribution >= 4 is 41.1 Å². The van der Waals surface area contributed by atoms with Crippen LogP contribution in [-0.2, 0) is 4.84 Å². The van der Waals surface area contributed by atoms with E-state index in [1.54, 1.807) is 12.1 Å². The fraction of sp³-hybridized carbons (Fsp3) is 0. The molecular formula is C16H10ClN3O5. The van der Waals surface area contributed by atoms with Crippen LogP contribution in [0.4, 0.5) is 10.5 Å². The van der Waals surface area contributed by atoms with Gasteiger partial charge in [-0.2, -0.15) is 0 Å². The van der Waals surface area contributed by atoms with Crippen LogP contribution in [0.25, 0.3) is 0 Å². The lowest BCUT2D eigenvalue weighted by Gasteiger charge is -2.14. The molecule has 0 aromatic heterocycles. The van der Waals surface area contributed by atoms with Crippen LogP contribution >= 0.6 is 11.6 Å². The molecule has 0 bridgehead atoms. The minimum Gasteiger partial charge on any atom is -0.351 e. The molecule has 8 nitrogen and oxygen atoms in total. The maximum atomic E-state index is 12.3. The monoisotopic (exact) mass is 359 g/mol. The van der Waals surface area contributed by atoms with Crippen LogP contribution in [-0.4, -0.2) is 28.9 Å². The second-order valence-corrected chi connectivity index (χ2v) is 5.42. The van der Waals surface area contributed by atoms with Crippen molar-refractivity contribution in [1.29, 1.82) is 0 Å². The molecule has 3 rings (SSSR count). The molecule has 0 radical (unpaired) electrons. The number of nitrogens with one attached hydrogen (secondary N) is 1. The van der Waals surface area contributed by atoms with E-state index in [1.807, 2.05) is 0 Å². The number of rotatable bonds is 3. The Hall–Kier alpha value is -3.39. The van der Waals surface area contributed by atoms with Crippen LogP contribution in [0.15, 0.2) is 42.5 Å². The lowest BCUT2D eigenvalue weighted by Crippen LogP contribution is -2.32. The topological polar surface area (TPSA) is 119 Å². The summed E-state index contributed by atoms with van der Waals surface area (Å²) in [5.74, 6) is -2.54. The molecular weight excluding hydrogens is 350 g/mol. The normalized spacial score (nSPS) is 12.8. The molecule has 2 aromatic carbocycles. The van der Waals surface area contributed by atoms with Gasteiger partial charge in [-0.25, -0.2) is 9.59 Å². The van der Waals surface area contributed by atoms with E-state index in [1.165, 1.54) is 30.3 Å². The third kappa shape index (κ3) is 3.02. The van der Waals surface area contributed by atoms with Crippen molar-refractivity contribution in [3.05, 3.63) is 64.2 Å². The molecule has 0 fully saturated rings. The maximum absolute atomic E-state index is 12.3. The zero-order valence-electron chi connectivity index (χ0n) is 12.5. The Labute approximate surface area is 146 Å². The molecule has 9 heteroatoms. The highest BCUT2D eigenvalue weighted by molar-refractivity contribution is 6.33. The average molecular weight is 360 g/mol. The number of carbonyl (C=O) groups excluding carboxylic acids is 4. The summed E-state index contributed by atoms with van der Waals surface area (Å²) in [5, 5.41) is 2.66. The van der Waals surface area contributed by atoms with Gasteiger partial charge in [0.2, 0.25) is 0 Å². The van der Waals surface area contributed by atoms with Gasteiger partial charge in [0.15, 0.2) is 0 Å². The fourth-order valence-electron chi connectivity index (χ4n) is 2.28. The number of hydrogen-bond acceptors (Lipinski definition) is 5. The summed E-state index contributed by atoms with van der Waals surface area (Å²) >= 11 is 5.94. The number of nitrogens with zero attached hydrogens (tertiary/aromatic N) is 1. The Balaban J connectivity index is 1.85. The molecule has 126 valence electrons. The number of anilines is 1. The number of fused-ring (bicyclic) bond motifs is 1. The van der Waals surface area contributed by atoms with Gasteiger partial charge in [-0.3, -0.25) is 9.59 Å². The molecule has 1 aliphatic heterocycles. The Bertz CT molecular complexity index is 893. The summed E-state index contributed by atoms with van der Waals surface area (Å²) in [4.78, 5) is 52.5. The number of imide groups is 1. The molecule has 0 saturated carbocycles. The highest BCUT2D eigenvalue weighted by Gasteiger charge is 2.39. The molecule has 25 heavy (non-hydrogen) atoms. The molecule has 4 amide bonds. The molecule has 0 spiro atoms. The smallest absolute Gasteiger partial charge is 0.351 e. The van der Waals surface area contributed by atoms with Crippen molar-refractivity contribution in [3.63, 3.8) is 0 Å². The van der Waals surface area contributed by atoms with E-state index >= 15 is 0 Å². The van der Waals surface area contributed by atoms with Crippen molar-refractivity contribution in [1.82, 2.24) is 5.06 Å². The van der Waals surface area contributed by atoms with Crippen molar-refractivity contribution in [2.45, 2.75) is 0 Å². The zero-order chi connectivity index (χ0) is 18.1. The molecule has 0 saturated heterocycles. The van der Waals surface area contributed by atoms with Crippen LogP contribution in [0, 0.1) is 0 Å². The summed E-state index contributed by atoms with van der Waals surface area (Å²) in [6.07, 6.45) is 0. The van der Waals surface area contributed by atoms with E-state index in [9.17, 15) is 19.2 Å². The number of hydrogen-bond donors (Lipinski definition) is 2. The Morgan fingerprint density at radius 1 is 1.04 bits per heavy atom. The Kier molecular flexibility index (Phi) is 4.12. The summed E-state index contributed by atoms with van der Waals surface area (Å²) in [6, 6.07) is 9.23. The van der Waals surface area contributed by atoms with Crippen molar-refractivity contribution in [2.24, 2.45) is 5.73 Å². The van der Waals surface area contributed by atoms with Gasteiger partial charge in [0.25, 0.3) is 11.8 Å². The predicted molar refractivity (Wildman–Crippen MR) is 87.0 cm³/mol. The third-order valence-corrected chi connectivity index (χ3v) is 3.71. The van der Waals surface area contributed by atoms with E-state index < -0.39 is 23.8 Å². The zero-order valence-corrected chi connectivity index (χ0v) is 13.2. The van der Waals surface area contributed by atoms with Crippen LogP contribution in [0.5, 0.6) is 0 Å². The molecule has 0 aliphatic carbocycles. The van der Waals surface area contributed by atoms with Crippen LogP contribution < -0.4 is 11.1 Å². The summed E-state index contributed by atoms with van der Waals surface area (Å²) < 4.78 is 0. The van der Waals surface area contributed by atoms with E-state index in [0.29, 0.717) is 5.06 Å². The average Bonchev–Trinajstić information content (AvgIpc) is 2.81. The first-order chi connectivity index (χ1) is 11.9. The van der Waals surface area contributed by atoms with Gasteiger partial charge >= 0.3 is 12.0 Å². The van der Waals surface area contributed by atoms with E-state index in [4.69, 9.17) is 22.2 Å². The number of benzene rings is 2. The predicted octanol–water partition coefficient (Wildman–Crippen LogP) is 2.20. The summed E-state index contributed by atoms with van der Waals surface area (Å²) in [5.41, 5.74) is 5.33. The van der Waals surface area contributed by atoms with Gasteiger partial charge in [-0.1, -0.05) is 28.8 Å². The number of amides is 4. The summed E-state index contributed by atoms with van der Waals surface area (Å²) in [6.45, 7) is 0. The molecule has 1 aliphatic rings. The van der Waals surface area contributed by atoms with Crippen molar-refractivity contribution in [2.75, 3.05) is 5.32 Å². The third-order valence-electron chi connectivity index (χ3n) is 3.38. The van der Waals surface area contributed by atoms with Gasteiger partial charge in [-0.05, 0) is 30.3 Å². The number of halogens is 1. The SMILES string of the molecule is NC(=O)Nc1ccc(Cl)c(C(=O)ON2C(=O)c3ccccc3C2=O)c1. The first kappa shape index (κ1) is 16.5. The van der Waals surface area contributed by atoms with Crippen LogP contribution in [0.1, 0.15) is 31.1 Å². The highest BCUT2D eigenvalue weighted by Crippen LogP contribution is 2.26. The van der Waals surface area contributed by atoms with Gasteiger partial charge in [0.05, 0.1) is 21.7 Å². The van der Waals surface area contributed by atoms with E-state index in [-0.39, 0.29) is 27.4 Å². The minimum atomic E-state index is -1.03. The number of hydroxylamine groups is 2. The van der Waals surface area contributed by atoms with E-state index in [2.05, 4.69) is 5.32 Å². The quantitative estimate of drug-likeness (QED) is 0.814. The van der Waals surface area contributed by atoms with Crippen LogP contribution in [0.2, 0.25) is 5.02 Å². The van der Waals surface area contributed by atoms with Gasteiger partial charge in [-0.15, -0.1) is 0 Å². The highest BCUT2D eigenvalue weighted by atomic mass is 35.5. The maximum Gasteiger partial charge on any atom is 0.365 e. The van der Waals surface area contributed by atoms with Crippen molar-refractivity contribution in [3.8, 4) is 0 Å². The molecule has 2 aromatic rings. The molecule has 0 atom stereocenters. The summed E-state index contributed by atoms with van der Waals surface area (Å²) in [7, 11) is 0. The first-order valence-corrected chi connectivity index (χ1v) is 7.32. The number of nitrogens with two attached hydrogens (primary N) is 1. The lowest BCUT2D eigenvalue weighted by molar-refractivity contribution is -0.0584. The molecule has 1 heterocycles. The second kappa shape index (κ2) is 6.25. The number of urea groups is 1. The van der Waals surface area contributed by atoms with Crippen molar-refractivity contribution < 1.29 is 24.0 Å². The fourth-order valence-corrected chi connectivity index (χ4v) is 2.48. The Morgan fingerprint density at radius 3 is 2.20 bits per heavy atom. The lowest BCUT2D eigenvalue weighted by atomic mass is 10.1.